The Labute approximate surface area is 81.6 Å². The summed E-state index contributed by atoms with van der Waals surface area (Å²) in [5.41, 5.74) is 0. The van der Waals surface area contributed by atoms with E-state index in [2.05, 4.69) is 24.7 Å². The van der Waals surface area contributed by atoms with E-state index in [9.17, 15) is 4.79 Å². The van der Waals surface area contributed by atoms with E-state index >= 15 is 0 Å². The number of ether oxygens (including phenoxy) is 1. The molecule has 0 spiro atoms. The monoisotopic (exact) mass is 199 g/mol. The molecule has 0 fully saturated rings. The van der Waals surface area contributed by atoms with Gasteiger partial charge in [0, 0.05) is 6.54 Å². The summed E-state index contributed by atoms with van der Waals surface area (Å²) in [6.07, 6.45) is 1.26. The summed E-state index contributed by atoms with van der Waals surface area (Å²) in [7, 11) is 1.37. The Morgan fingerprint density at radius 2 is 2.57 bits per heavy atom. The predicted octanol–water partition coefficient (Wildman–Crippen LogP) is -0.0317. The van der Waals surface area contributed by atoms with Crippen LogP contribution in [0.3, 0.4) is 0 Å². The molecule has 1 heterocycles. The van der Waals surface area contributed by atoms with Crippen LogP contribution in [0.25, 0.3) is 0 Å². The fourth-order valence-corrected chi connectivity index (χ4v) is 0.955. The Morgan fingerprint density at radius 3 is 3.14 bits per heavy atom. The lowest BCUT2D eigenvalue weighted by Crippen LogP contribution is -2.27. The van der Waals surface area contributed by atoms with Crippen molar-refractivity contribution in [2.45, 2.75) is 13.5 Å². The smallest absolute Gasteiger partial charge is 0.309 e. The highest BCUT2D eigenvalue weighted by atomic mass is 16.5. The number of aromatic nitrogens is 2. The van der Waals surface area contributed by atoms with Gasteiger partial charge in [0.15, 0.2) is 5.82 Å². The molecule has 14 heavy (non-hydrogen) atoms. The van der Waals surface area contributed by atoms with Crippen molar-refractivity contribution in [3.63, 3.8) is 0 Å². The maximum absolute atomic E-state index is 11.0. The van der Waals surface area contributed by atoms with Crippen molar-refractivity contribution < 1.29 is 14.1 Å². The minimum Gasteiger partial charge on any atom is -0.469 e. The highest BCUT2D eigenvalue weighted by molar-refractivity contribution is 5.71. The van der Waals surface area contributed by atoms with Gasteiger partial charge in [0.2, 0.25) is 6.39 Å². The standard InChI is InChI=1S/C8H13N3O3/c1-6(8(12)13-2)3-9-4-7-10-5-14-11-7/h5-6,9H,3-4H2,1-2H3. The summed E-state index contributed by atoms with van der Waals surface area (Å²) >= 11 is 0. The normalized spacial score (nSPS) is 12.4. The van der Waals surface area contributed by atoms with Crippen molar-refractivity contribution in [2.24, 2.45) is 5.92 Å². The minimum absolute atomic E-state index is 0.174. The Bertz CT molecular complexity index is 273. The minimum atomic E-state index is -0.231. The molecule has 0 saturated carbocycles. The largest absolute Gasteiger partial charge is 0.469 e. The molecule has 1 rings (SSSR count). The highest BCUT2D eigenvalue weighted by Gasteiger charge is 2.12. The van der Waals surface area contributed by atoms with E-state index in [0.29, 0.717) is 18.9 Å². The zero-order valence-electron chi connectivity index (χ0n) is 8.19. The van der Waals surface area contributed by atoms with E-state index in [1.807, 2.05) is 0 Å². The van der Waals surface area contributed by atoms with Crippen molar-refractivity contribution >= 4 is 5.97 Å². The molecule has 0 bridgehead atoms. The lowest BCUT2D eigenvalue weighted by molar-refractivity contribution is -0.144. The van der Waals surface area contributed by atoms with E-state index in [-0.39, 0.29) is 11.9 Å². The van der Waals surface area contributed by atoms with Crippen LogP contribution in [0, 0.1) is 5.92 Å². The van der Waals surface area contributed by atoms with Gasteiger partial charge in [-0.25, -0.2) is 0 Å². The number of hydrogen-bond acceptors (Lipinski definition) is 6. The van der Waals surface area contributed by atoms with Gasteiger partial charge in [-0.2, -0.15) is 4.98 Å². The Balaban J connectivity index is 2.18. The average Bonchev–Trinajstić information content (AvgIpc) is 2.69. The summed E-state index contributed by atoms with van der Waals surface area (Å²) in [5.74, 6) is 0.166. The summed E-state index contributed by atoms with van der Waals surface area (Å²) in [6.45, 7) is 2.80. The number of nitrogens with zero attached hydrogens (tertiary/aromatic N) is 2. The molecule has 0 aliphatic heterocycles. The van der Waals surface area contributed by atoms with Crippen molar-refractivity contribution in [2.75, 3.05) is 13.7 Å². The number of carbonyl (C=O) groups excluding carboxylic acids is 1. The zero-order chi connectivity index (χ0) is 10.4. The van der Waals surface area contributed by atoms with Crippen LogP contribution in [-0.4, -0.2) is 29.8 Å². The number of rotatable bonds is 5. The fourth-order valence-electron chi connectivity index (χ4n) is 0.955. The average molecular weight is 199 g/mol. The van der Waals surface area contributed by atoms with E-state index < -0.39 is 0 Å². The van der Waals surface area contributed by atoms with E-state index in [4.69, 9.17) is 0 Å². The van der Waals surface area contributed by atoms with Crippen LogP contribution in [-0.2, 0) is 16.1 Å². The van der Waals surface area contributed by atoms with Crippen molar-refractivity contribution in [3.05, 3.63) is 12.2 Å². The number of methoxy groups -OCH3 is 1. The summed E-state index contributed by atoms with van der Waals surface area (Å²) in [6, 6.07) is 0. The molecule has 0 aliphatic rings. The van der Waals surface area contributed by atoms with Crippen LogP contribution in [0.2, 0.25) is 0 Å². The highest BCUT2D eigenvalue weighted by Crippen LogP contribution is 1.96. The van der Waals surface area contributed by atoms with E-state index in [0.717, 1.165) is 0 Å². The molecule has 1 N–H and O–H groups in total. The van der Waals surface area contributed by atoms with Crippen molar-refractivity contribution in [1.29, 1.82) is 0 Å². The first-order valence-electron chi connectivity index (χ1n) is 4.28. The SMILES string of the molecule is COC(=O)C(C)CNCc1ncon1. The van der Waals surface area contributed by atoms with Crippen LogP contribution in [0.4, 0.5) is 0 Å². The first kappa shape index (κ1) is 10.6. The molecule has 0 radical (unpaired) electrons. The summed E-state index contributed by atoms with van der Waals surface area (Å²) in [4.78, 5) is 14.8. The summed E-state index contributed by atoms with van der Waals surface area (Å²) < 4.78 is 9.12. The second kappa shape index (κ2) is 5.33. The molecule has 1 unspecified atom stereocenters. The molecule has 0 aliphatic carbocycles. The van der Waals surface area contributed by atoms with Gasteiger partial charge in [0.25, 0.3) is 0 Å². The van der Waals surface area contributed by atoms with Crippen LogP contribution in [0.5, 0.6) is 0 Å². The number of carbonyl (C=O) groups is 1. The van der Waals surface area contributed by atoms with Crippen molar-refractivity contribution in [1.82, 2.24) is 15.5 Å². The van der Waals surface area contributed by atoms with Crippen molar-refractivity contribution in [3.8, 4) is 0 Å². The Morgan fingerprint density at radius 1 is 1.79 bits per heavy atom. The molecule has 1 atom stereocenters. The van der Waals surface area contributed by atoms with Gasteiger partial charge in [-0.3, -0.25) is 4.79 Å². The van der Waals surface area contributed by atoms with E-state index in [1.54, 1.807) is 6.92 Å². The molecule has 6 heteroatoms. The second-order valence-electron chi connectivity index (χ2n) is 2.90. The molecule has 78 valence electrons. The molecule has 0 saturated heterocycles. The third-order valence-electron chi connectivity index (χ3n) is 1.74. The molecular weight excluding hydrogens is 186 g/mol. The Kier molecular flexibility index (Phi) is 4.06. The van der Waals surface area contributed by atoms with Crippen LogP contribution >= 0.6 is 0 Å². The maximum atomic E-state index is 11.0. The lowest BCUT2D eigenvalue weighted by atomic mass is 10.2. The topological polar surface area (TPSA) is 77.2 Å². The first-order chi connectivity index (χ1) is 6.74. The number of hydrogen-bond donors (Lipinski definition) is 1. The molecule has 1 aromatic rings. The Hall–Kier alpha value is -1.43. The first-order valence-corrected chi connectivity index (χ1v) is 4.28. The third kappa shape index (κ3) is 3.14. The molecule has 0 aromatic carbocycles. The number of nitrogens with one attached hydrogen (secondary N) is 1. The van der Waals surface area contributed by atoms with Gasteiger partial charge in [-0.05, 0) is 0 Å². The summed E-state index contributed by atoms with van der Waals surface area (Å²) in [5, 5.41) is 6.63. The molecule has 1 aromatic heterocycles. The second-order valence-corrected chi connectivity index (χ2v) is 2.90. The lowest BCUT2D eigenvalue weighted by Gasteiger charge is -2.08. The fraction of sp³-hybridized carbons (Fsp3) is 0.625. The third-order valence-corrected chi connectivity index (χ3v) is 1.74. The number of esters is 1. The quantitative estimate of drug-likeness (QED) is 0.671. The van der Waals surface area contributed by atoms with Crippen LogP contribution < -0.4 is 5.32 Å². The predicted molar refractivity (Wildman–Crippen MR) is 47.2 cm³/mol. The van der Waals surface area contributed by atoms with Crippen LogP contribution in [0.1, 0.15) is 12.7 Å². The molecule has 6 nitrogen and oxygen atoms in total. The molecule has 0 amide bonds. The maximum Gasteiger partial charge on any atom is 0.309 e. The zero-order valence-corrected chi connectivity index (χ0v) is 8.19. The van der Waals surface area contributed by atoms with E-state index in [1.165, 1.54) is 13.5 Å². The van der Waals surface area contributed by atoms with Gasteiger partial charge in [-0.15, -0.1) is 0 Å². The van der Waals surface area contributed by atoms with Gasteiger partial charge in [0.1, 0.15) is 0 Å². The van der Waals surface area contributed by atoms with Gasteiger partial charge < -0.3 is 14.6 Å². The van der Waals surface area contributed by atoms with Gasteiger partial charge in [-0.1, -0.05) is 12.1 Å². The van der Waals surface area contributed by atoms with Crippen LogP contribution in [0.15, 0.2) is 10.9 Å². The molecular formula is C8H13N3O3. The van der Waals surface area contributed by atoms with Gasteiger partial charge >= 0.3 is 5.97 Å². The van der Waals surface area contributed by atoms with Gasteiger partial charge in [0.05, 0.1) is 19.6 Å².